The van der Waals surface area contributed by atoms with E-state index < -0.39 is 5.91 Å². The van der Waals surface area contributed by atoms with E-state index in [0.29, 0.717) is 27.4 Å². The summed E-state index contributed by atoms with van der Waals surface area (Å²) in [5.74, 6) is 1.04. The maximum absolute atomic E-state index is 12.4. The number of nitrogens with zero attached hydrogens (tertiary/aromatic N) is 2. The maximum atomic E-state index is 12.4. The first-order valence-electron chi connectivity index (χ1n) is 8.52. The first-order chi connectivity index (χ1) is 14.1. The minimum Gasteiger partial charge on any atom is -0.484 e. The van der Waals surface area contributed by atoms with Gasteiger partial charge in [0.2, 0.25) is 0 Å². The van der Waals surface area contributed by atoms with Gasteiger partial charge in [0, 0.05) is 29.0 Å². The standard InChI is InChI=1S/C20H14Cl2N4O3/c21-13-1-3-17(15(22)9-13)28-11-14-2-4-18(29-14)20(27)24-19-10-16(25-26-19)12-5-7-23-8-6-12/h1-10H,11H2,(H2,24,25,26,27). The first-order valence-corrected chi connectivity index (χ1v) is 9.28. The largest absolute Gasteiger partial charge is 0.484 e. The predicted molar refractivity (Wildman–Crippen MR) is 109 cm³/mol. The third-order valence-corrected chi connectivity index (χ3v) is 4.49. The van der Waals surface area contributed by atoms with E-state index in [-0.39, 0.29) is 12.4 Å². The quantitative estimate of drug-likeness (QED) is 0.439. The molecule has 2 N–H and O–H groups in total. The Hall–Kier alpha value is -3.29. The Bertz CT molecular complexity index is 1140. The minimum atomic E-state index is -0.423. The van der Waals surface area contributed by atoms with Gasteiger partial charge in [-0.15, -0.1) is 0 Å². The molecule has 0 saturated carbocycles. The smallest absolute Gasteiger partial charge is 0.292 e. The first kappa shape index (κ1) is 19.0. The molecule has 0 unspecified atom stereocenters. The van der Waals surface area contributed by atoms with Crippen molar-refractivity contribution in [1.82, 2.24) is 15.2 Å². The third kappa shape index (κ3) is 4.59. The fourth-order valence-electron chi connectivity index (χ4n) is 2.56. The Morgan fingerprint density at radius 1 is 1.10 bits per heavy atom. The molecule has 0 aliphatic heterocycles. The van der Waals surface area contributed by atoms with Crippen LogP contribution in [0, 0.1) is 0 Å². The number of carbonyl (C=O) groups excluding carboxylic acids is 1. The van der Waals surface area contributed by atoms with Gasteiger partial charge in [-0.1, -0.05) is 23.2 Å². The monoisotopic (exact) mass is 428 g/mol. The van der Waals surface area contributed by atoms with Crippen molar-refractivity contribution in [3.05, 3.63) is 82.5 Å². The molecule has 0 aliphatic rings. The van der Waals surface area contributed by atoms with Crippen molar-refractivity contribution in [3.8, 4) is 17.0 Å². The number of H-pyrrole nitrogens is 1. The number of hydrogen-bond acceptors (Lipinski definition) is 5. The van der Waals surface area contributed by atoms with E-state index in [1.165, 1.54) is 0 Å². The van der Waals surface area contributed by atoms with Crippen LogP contribution < -0.4 is 10.1 Å². The number of ether oxygens (including phenoxy) is 1. The number of anilines is 1. The lowest BCUT2D eigenvalue weighted by molar-refractivity contribution is 0.0992. The number of benzene rings is 1. The van der Waals surface area contributed by atoms with Gasteiger partial charge < -0.3 is 14.5 Å². The summed E-state index contributed by atoms with van der Waals surface area (Å²) >= 11 is 11.9. The van der Waals surface area contributed by atoms with Crippen LogP contribution in [0.5, 0.6) is 5.75 Å². The molecule has 3 heterocycles. The Balaban J connectivity index is 1.38. The van der Waals surface area contributed by atoms with Gasteiger partial charge in [0.1, 0.15) is 18.1 Å². The Labute approximate surface area is 175 Å². The van der Waals surface area contributed by atoms with Crippen molar-refractivity contribution in [1.29, 1.82) is 0 Å². The molecule has 7 nitrogen and oxygen atoms in total. The van der Waals surface area contributed by atoms with Crippen molar-refractivity contribution < 1.29 is 13.9 Å². The van der Waals surface area contributed by atoms with Crippen LogP contribution in [-0.2, 0) is 6.61 Å². The molecule has 1 amide bonds. The number of nitrogens with one attached hydrogen (secondary N) is 2. The molecule has 3 aromatic heterocycles. The van der Waals surface area contributed by atoms with Gasteiger partial charge in [-0.2, -0.15) is 5.10 Å². The molecule has 0 fully saturated rings. The molecule has 4 aromatic rings. The molecule has 29 heavy (non-hydrogen) atoms. The van der Waals surface area contributed by atoms with Crippen LogP contribution in [0.4, 0.5) is 5.82 Å². The van der Waals surface area contributed by atoms with E-state index in [2.05, 4.69) is 20.5 Å². The van der Waals surface area contributed by atoms with Gasteiger partial charge in [0.05, 0.1) is 10.7 Å². The van der Waals surface area contributed by atoms with Crippen LogP contribution >= 0.6 is 23.2 Å². The van der Waals surface area contributed by atoms with Gasteiger partial charge in [-0.3, -0.25) is 14.9 Å². The number of pyridine rings is 1. The van der Waals surface area contributed by atoms with E-state index in [4.69, 9.17) is 32.4 Å². The van der Waals surface area contributed by atoms with Crippen LogP contribution in [0.1, 0.15) is 16.3 Å². The van der Waals surface area contributed by atoms with Crippen molar-refractivity contribution in [2.24, 2.45) is 0 Å². The summed E-state index contributed by atoms with van der Waals surface area (Å²) in [5.41, 5.74) is 1.67. The number of carbonyl (C=O) groups is 1. The number of hydrogen-bond donors (Lipinski definition) is 2. The molecular weight excluding hydrogens is 415 g/mol. The van der Waals surface area contributed by atoms with Crippen LogP contribution in [0.3, 0.4) is 0 Å². The Kier molecular flexibility index (Phi) is 5.50. The normalized spacial score (nSPS) is 10.7. The van der Waals surface area contributed by atoms with E-state index in [9.17, 15) is 4.79 Å². The number of amides is 1. The second-order valence-corrected chi connectivity index (χ2v) is 6.83. The minimum absolute atomic E-state index is 0.114. The second-order valence-electron chi connectivity index (χ2n) is 5.99. The highest BCUT2D eigenvalue weighted by atomic mass is 35.5. The molecule has 0 radical (unpaired) electrons. The molecule has 4 rings (SSSR count). The zero-order valence-electron chi connectivity index (χ0n) is 14.9. The summed E-state index contributed by atoms with van der Waals surface area (Å²) in [5, 5.41) is 10.6. The highest BCUT2D eigenvalue weighted by Gasteiger charge is 2.14. The third-order valence-electron chi connectivity index (χ3n) is 3.96. The van der Waals surface area contributed by atoms with Crippen LogP contribution in [0.15, 0.2) is 65.3 Å². The van der Waals surface area contributed by atoms with Gasteiger partial charge >= 0.3 is 0 Å². The summed E-state index contributed by atoms with van der Waals surface area (Å²) in [7, 11) is 0. The number of aromatic amines is 1. The van der Waals surface area contributed by atoms with Crippen LogP contribution in [0.2, 0.25) is 10.0 Å². The summed E-state index contributed by atoms with van der Waals surface area (Å²) in [4.78, 5) is 16.4. The summed E-state index contributed by atoms with van der Waals surface area (Å²) in [6.07, 6.45) is 3.36. The lowest BCUT2D eigenvalue weighted by Gasteiger charge is -2.06. The predicted octanol–water partition coefficient (Wildman–Crippen LogP) is 5.20. The lowest BCUT2D eigenvalue weighted by atomic mass is 10.2. The summed E-state index contributed by atoms with van der Waals surface area (Å²) < 4.78 is 11.1. The fraction of sp³-hybridized carbons (Fsp3) is 0.0500. The number of halogens is 2. The summed E-state index contributed by atoms with van der Waals surface area (Å²) in [6, 6.07) is 13.6. The van der Waals surface area contributed by atoms with Crippen LogP contribution in [-0.4, -0.2) is 21.1 Å². The molecule has 0 atom stereocenters. The van der Waals surface area contributed by atoms with Gasteiger partial charge in [0.15, 0.2) is 11.6 Å². The molecule has 0 saturated heterocycles. The van der Waals surface area contributed by atoms with Gasteiger partial charge in [0.25, 0.3) is 5.91 Å². The maximum Gasteiger partial charge on any atom is 0.292 e. The van der Waals surface area contributed by atoms with E-state index in [1.807, 2.05) is 12.1 Å². The van der Waals surface area contributed by atoms with Crippen LogP contribution in [0.25, 0.3) is 11.3 Å². The summed E-state index contributed by atoms with van der Waals surface area (Å²) in [6.45, 7) is 0.114. The zero-order valence-corrected chi connectivity index (χ0v) is 16.4. The van der Waals surface area contributed by atoms with E-state index in [1.54, 1.807) is 48.8 Å². The van der Waals surface area contributed by atoms with Crippen molar-refractivity contribution in [3.63, 3.8) is 0 Å². The SMILES string of the molecule is O=C(Nc1cc(-c2ccncc2)[nH]n1)c1ccc(COc2ccc(Cl)cc2Cl)o1. The van der Waals surface area contributed by atoms with Crippen molar-refractivity contribution >= 4 is 34.9 Å². The average molecular weight is 429 g/mol. The van der Waals surface area contributed by atoms with E-state index >= 15 is 0 Å². The molecule has 0 bridgehead atoms. The molecule has 146 valence electrons. The molecule has 0 aliphatic carbocycles. The molecule has 1 aromatic carbocycles. The molecular formula is C20H14Cl2N4O3. The van der Waals surface area contributed by atoms with Crippen molar-refractivity contribution in [2.45, 2.75) is 6.61 Å². The zero-order chi connectivity index (χ0) is 20.2. The Morgan fingerprint density at radius 2 is 1.93 bits per heavy atom. The average Bonchev–Trinajstić information content (AvgIpc) is 3.38. The molecule has 9 heteroatoms. The van der Waals surface area contributed by atoms with Gasteiger partial charge in [-0.25, -0.2) is 0 Å². The lowest BCUT2D eigenvalue weighted by Crippen LogP contribution is -2.11. The second kappa shape index (κ2) is 8.38. The number of rotatable bonds is 6. The highest BCUT2D eigenvalue weighted by molar-refractivity contribution is 6.35. The van der Waals surface area contributed by atoms with Gasteiger partial charge in [-0.05, 0) is 42.5 Å². The Morgan fingerprint density at radius 3 is 2.72 bits per heavy atom. The molecule has 0 spiro atoms. The number of aromatic nitrogens is 3. The number of furan rings is 1. The van der Waals surface area contributed by atoms with Crippen molar-refractivity contribution in [2.75, 3.05) is 5.32 Å². The topological polar surface area (TPSA) is 93.0 Å². The highest BCUT2D eigenvalue weighted by Crippen LogP contribution is 2.28. The fourth-order valence-corrected chi connectivity index (χ4v) is 3.02. The van der Waals surface area contributed by atoms with E-state index in [0.717, 1.165) is 11.3 Å².